The average Bonchev–Trinajstić information content (AvgIpc) is 3.23. The minimum absolute atomic E-state index is 0. The predicted molar refractivity (Wildman–Crippen MR) is 134 cm³/mol. The summed E-state index contributed by atoms with van der Waals surface area (Å²) in [4.78, 5) is 6.76. The van der Waals surface area contributed by atoms with Gasteiger partial charge in [0, 0.05) is 32.4 Å². The zero-order chi connectivity index (χ0) is 22.2. The van der Waals surface area contributed by atoms with E-state index < -0.39 is 0 Å². The third-order valence-corrected chi connectivity index (χ3v) is 6.85. The molecular formula is C29H19IrN3S. The van der Waals surface area contributed by atoms with Crippen LogP contribution in [0, 0.1) is 12.1 Å². The molecule has 1 radical (unpaired) electrons. The maximum atomic E-state index is 4.22. The Bertz CT molecular complexity index is 1540. The summed E-state index contributed by atoms with van der Waals surface area (Å²) in [5.41, 5.74) is 5.54. The van der Waals surface area contributed by atoms with Gasteiger partial charge >= 0.3 is 11.7 Å². The van der Waals surface area contributed by atoms with Gasteiger partial charge in [0.15, 0.2) is 7.05 Å². The second kappa shape index (κ2) is 9.50. The Morgan fingerprint density at radius 1 is 0.882 bits per heavy atom. The Labute approximate surface area is 216 Å². The predicted octanol–water partition coefficient (Wildman–Crippen LogP) is 6.95. The fourth-order valence-electron chi connectivity index (χ4n) is 4.13. The number of fused-ring (bicyclic) bond motifs is 4. The molecule has 5 aromatic rings. The van der Waals surface area contributed by atoms with Crippen molar-refractivity contribution in [3.8, 4) is 11.3 Å². The van der Waals surface area contributed by atoms with Crippen LogP contribution in [0.15, 0.2) is 107 Å². The molecule has 2 aliphatic heterocycles. The van der Waals surface area contributed by atoms with Gasteiger partial charge in [-0.1, -0.05) is 45.5 Å². The Kier molecular flexibility index (Phi) is 6.27. The molecule has 2 aliphatic rings. The standard InChI is InChI=1S/C18H11N2S.C11H8N.Ir/c1-19-11-20-15-10-9-12-5-2-3-6-13(12)18(15)21-16-8-4-7-14(19)17(16)20;1-2-6-10(7-3-1)11-8-4-5-9-12-11;/h2-9H,1H3;1-6,8-9H;/q+1;-1;. The number of rotatable bonds is 1. The Morgan fingerprint density at radius 2 is 1.74 bits per heavy atom. The largest absolute Gasteiger partial charge is 0.494 e. The molecule has 0 amide bonds. The molecule has 3 heterocycles. The van der Waals surface area contributed by atoms with Crippen molar-refractivity contribution < 1.29 is 24.7 Å². The van der Waals surface area contributed by atoms with E-state index in [1.54, 1.807) is 6.20 Å². The number of hydrogen-bond acceptors (Lipinski definition) is 2. The summed E-state index contributed by atoms with van der Waals surface area (Å²) < 4.78 is 4.19. The fraction of sp³-hybridized carbons (Fsp3) is 0.0345. The van der Waals surface area contributed by atoms with Gasteiger partial charge in [0.25, 0.3) is 5.69 Å². The topological polar surface area (TPSA) is 18.9 Å². The van der Waals surface area contributed by atoms with Gasteiger partial charge < -0.3 is 4.98 Å². The van der Waals surface area contributed by atoms with Crippen LogP contribution in [0.3, 0.4) is 0 Å². The van der Waals surface area contributed by atoms with E-state index in [0.29, 0.717) is 0 Å². The van der Waals surface area contributed by atoms with E-state index in [1.807, 2.05) is 61.3 Å². The first-order valence-electron chi connectivity index (χ1n) is 10.7. The van der Waals surface area contributed by atoms with Crippen LogP contribution in [0.1, 0.15) is 0 Å². The summed E-state index contributed by atoms with van der Waals surface area (Å²) >= 11 is 1.83. The van der Waals surface area contributed by atoms with Crippen molar-refractivity contribution in [3.05, 3.63) is 109 Å². The smallest absolute Gasteiger partial charge is 0.305 e. The van der Waals surface area contributed by atoms with Crippen molar-refractivity contribution >= 4 is 45.6 Å². The van der Waals surface area contributed by atoms with Crippen LogP contribution in [0.4, 0.5) is 17.1 Å². The van der Waals surface area contributed by atoms with Crippen LogP contribution < -0.4 is 4.58 Å². The Hall–Kier alpha value is -3.33. The van der Waals surface area contributed by atoms with Crippen LogP contribution in [0.2, 0.25) is 0 Å². The van der Waals surface area contributed by atoms with Crippen LogP contribution in [-0.2, 0) is 20.1 Å². The molecule has 7 rings (SSSR count). The van der Waals surface area contributed by atoms with Crippen molar-refractivity contribution in [1.29, 1.82) is 0 Å². The molecule has 3 nitrogen and oxygen atoms in total. The number of nitrogens with zero attached hydrogens (tertiary/aromatic N) is 3. The average molecular weight is 634 g/mol. The minimum atomic E-state index is 0. The number of hydrogen-bond donors (Lipinski definition) is 0. The normalized spacial score (nSPS) is 12.4. The third-order valence-electron chi connectivity index (χ3n) is 5.68. The summed E-state index contributed by atoms with van der Waals surface area (Å²) in [5, 5.41) is 2.51. The van der Waals surface area contributed by atoms with Gasteiger partial charge in [-0.25, -0.2) is 0 Å². The molecule has 0 saturated carbocycles. The van der Waals surface area contributed by atoms with Gasteiger partial charge in [0.1, 0.15) is 5.69 Å². The molecule has 0 atom stereocenters. The molecule has 5 heteroatoms. The summed E-state index contributed by atoms with van der Waals surface area (Å²) in [5.74, 6) is 0. The van der Waals surface area contributed by atoms with Gasteiger partial charge in [-0.3, -0.25) is 0 Å². The molecule has 0 fully saturated rings. The van der Waals surface area contributed by atoms with Gasteiger partial charge in [0.05, 0.1) is 4.90 Å². The molecule has 34 heavy (non-hydrogen) atoms. The zero-order valence-corrected chi connectivity index (χ0v) is 21.5. The van der Waals surface area contributed by atoms with E-state index in [-0.39, 0.29) is 20.1 Å². The Balaban J connectivity index is 0.000000159. The first-order valence-corrected chi connectivity index (χ1v) is 11.5. The SMILES string of the molecule is C[N+]1=C=[N+]2c3[c-]cc4ccccc4c3Sc3cccc1c32.[Ir].[c-]1ccccc1-c1ccccn1. The summed E-state index contributed by atoms with van der Waals surface area (Å²) in [6, 6.07) is 40.7. The summed E-state index contributed by atoms with van der Waals surface area (Å²) in [7, 11) is 2.04. The number of pyridine rings is 1. The van der Waals surface area contributed by atoms with Gasteiger partial charge in [-0.05, 0) is 22.7 Å². The molecule has 0 bridgehead atoms. The molecule has 0 N–H and O–H groups in total. The van der Waals surface area contributed by atoms with Crippen LogP contribution in [-0.4, -0.2) is 22.6 Å². The van der Waals surface area contributed by atoms with Crippen molar-refractivity contribution in [1.82, 2.24) is 9.56 Å². The molecule has 0 aliphatic carbocycles. The zero-order valence-electron chi connectivity index (χ0n) is 18.3. The van der Waals surface area contributed by atoms with Crippen molar-refractivity contribution in [3.63, 3.8) is 0 Å². The first-order chi connectivity index (χ1) is 16.3. The Morgan fingerprint density at radius 3 is 2.56 bits per heavy atom. The van der Waals surface area contributed by atoms with Gasteiger partial charge in [-0.15, -0.1) is 70.6 Å². The third kappa shape index (κ3) is 3.94. The molecular weight excluding hydrogens is 615 g/mol. The van der Waals surface area contributed by atoms with Gasteiger partial charge in [-0.2, -0.15) is 6.07 Å². The monoisotopic (exact) mass is 634 g/mol. The molecule has 4 aromatic carbocycles. The van der Waals surface area contributed by atoms with Crippen LogP contribution in [0.25, 0.3) is 22.0 Å². The van der Waals surface area contributed by atoms with Gasteiger partial charge in [0.2, 0.25) is 0 Å². The number of para-hydroxylation sites is 1. The number of aromatic nitrogens is 1. The van der Waals surface area contributed by atoms with E-state index in [1.165, 1.54) is 31.9 Å². The second-order valence-corrected chi connectivity index (χ2v) is 8.82. The molecule has 165 valence electrons. The summed E-state index contributed by atoms with van der Waals surface area (Å²) in [6.07, 6.45) is 1.79. The van der Waals surface area contributed by atoms with E-state index in [4.69, 9.17) is 0 Å². The second-order valence-electron chi connectivity index (χ2n) is 7.77. The maximum absolute atomic E-state index is 4.22. The van der Waals surface area contributed by atoms with E-state index in [2.05, 4.69) is 80.8 Å². The van der Waals surface area contributed by atoms with Crippen LogP contribution in [0.5, 0.6) is 0 Å². The minimum Gasteiger partial charge on any atom is -0.305 e. The van der Waals surface area contributed by atoms with E-state index >= 15 is 0 Å². The van der Waals surface area contributed by atoms with Crippen molar-refractivity contribution in [2.24, 2.45) is 0 Å². The molecule has 0 unspecified atom stereocenters. The van der Waals surface area contributed by atoms with E-state index in [9.17, 15) is 0 Å². The molecule has 0 spiro atoms. The van der Waals surface area contributed by atoms with Crippen molar-refractivity contribution in [2.75, 3.05) is 7.05 Å². The van der Waals surface area contributed by atoms with Crippen molar-refractivity contribution in [2.45, 2.75) is 9.79 Å². The summed E-state index contributed by atoms with van der Waals surface area (Å²) in [6.45, 7) is 0. The molecule has 1 aromatic heterocycles. The maximum Gasteiger partial charge on any atom is 0.494 e. The fourth-order valence-corrected chi connectivity index (χ4v) is 5.33. The molecule has 0 saturated heterocycles. The van der Waals surface area contributed by atoms with Crippen LogP contribution >= 0.6 is 11.8 Å². The number of benzene rings is 4. The quantitative estimate of drug-likeness (QED) is 0.144. The first kappa shape index (κ1) is 22.5. The van der Waals surface area contributed by atoms with E-state index in [0.717, 1.165) is 16.9 Å².